The summed E-state index contributed by atoms with van der Waals surface area (Å²) in [4.78, 5) is 11.8. The number of amides is 1. The lowest BCUT2D eigenvalue weighted by Crippen LogP contribution is -2.24. The molecule has 2 aromatic carbocycles. The molecule has 2 rings (SSSR count). The molecule has 0 fully saturated rings. The van der Waals surface area contributed by atoms with Crippen LogP contribution in [0.25, 0.3) is 0 Å². The van der Waals surface area contributed by atoms with E-state index in [-0.39, 0.29) is 12.5 Å². The number of methoxy groups -OCH3 is 1. The minimum Gasteiger partial charge on any atom is -0.493 e. The molecule has 0 aromatic heterocycles. The molecular weight excluding hydrogens is 344 g/mol. The Morgan fingerprint density at radius 2 is 1.93 bits per heavy atom. The summed E-state index contributed by atoms with van der Waals surface area (Å²) in [5.74, 6) is 1.67. The summed E-state index contributed by atoms with van der Waals surface area (Å²) in [6.45, 7) is 4.59. The van der Waals surface area contributed by atoms with Crippen molar-refractivity contribution < 1.29 is 19.0 Å². The van der Waals surface area contributed by atoms with Gasteiger partial charge in [0.1, 0.15) is 5.75 Å². The molecule has 6 heteroatoms. The van der Waals surface area contributed by atoms with E-state index in [2.05, 4.69) is 17.5 Å². The second-order valence-electron chi connectivity index (χ2n) is 5.96. The Hall–Kier alpha value is -3.02. The standard InChI is InChI=1S/C21H26N2O4/c1-4-5-12-26-19-11-10-17(13-20(19)25-3)14-22-23-21(24)15-27-18-9-7-6-8-16(18)2/h6-11,13-14H,4-5,12,15H2,1-3H3,(H,23,24)/b22-14+. The van der Waals surface area contributed by atoms with E-state index in [9.17, 15) is 4.79 Å². The Labute approximate surface area is 160 Å². The van der Waals surface area contributed by atoms with Crippen molar-refractivity contribution in [2.45, 2.75) is 26.7 Å². The molecule has 1 amide bonds. The zero-order chi connectivity index (χ0) is 19.5. The third-order valence-corrected chi connectivity index (χ3v) is 3.80. The van der Waals surface area contributed by atoms with Crippen LogP contribution in [0.5, 0.6) is 17.2 Å². The van der Waals surface area contributed by atoms with E-state index in [1.165, 1.54) is 0 Å². The van der Waals surface area contributed by atoms with Gasteiger partial charge in [-0.05, 0) is 48.7 Å². The van der Waals surface area contributed by atoms with Gasteiger partial charge in [-0.15, -0.1) is 0 Å². The molecule has 0 atom stereocenters. The van der Waals surface area contributed by atoms with E-state index >= 15 is 0 Å². The summed E-state index contributed by atoms with van der Waals surface area (Å²) in [6.07, 6.45) is 3.60. The monoisotopic (exact) mass is 370 g/mol. The summed E-state index contributed by atoms with van der Waals surface area (Å²) in [6, 6.07) is 13.0. The van der Waals surface area contributed by atoms with Gasteiger partial charge in [-0.2, -0.15) is 5.10 Å². The number of carbonyl (C=O) groups excluding carboxylic acids is 1. The average Bonchev–Trinajstić information content (AvgIpc) is 2.68. The molecule has 27 heavy (non-hydrogen) atoms. The molecule has 0 saturated heterocycles. The fourth-order valence-corrected chi connectivity index (χ4v) is 2.28. The number of aryl methyl sites for hydroxylation is 1. The summed E-state index contributed by atoms with van der Waals surface area (Å²) in [5.41, 5.74) is 4.21. The number of carbonyl (C=O) groups is 1. The summed E-state index contributed by atoms with van der Waals surface area (Å²) >= 11 is 0. The third kappa shape index (κ3) is 6.66. The van der Waals surface area contributed by atoms with Crippen LogP contribution in [0, 0.1) is 6.92 Å². The van der Waals surface area contributed by atoms with Gasteiger partial charge in [0, 0.05) is 0 Å². The van der Waals surface area contributed by atoms with Gasteiger partial charge in [-0.3, -0.25) is 4.79 Å². The van der Waals surface area contributed by atoms with E-state index < -0.39 is 0 Å². The smallest absolute Gasteiger partial charge is 0.277 e. The van der Waals surface area contributed by atoms with Crippen molar-refractivity contribution >= 4 is 12.1 Å². The van der Waals surface area contributed by atoms with Gasteiger partial charge in [-0.1, -0.05) is 31.5 Å². The van der Waals surface area contributed by atoms with Crippen LogP contribution >= 0.6 is 0 Å². The average molecular weight is 370 g/mol. The Morgan fingerprint density at radius 3 is 2.67 bits per heavy atom. The van der Waals surface area contributed by atoms with Crippen molar-refractivity contribution in [2.75, 3.05) is 20.3 Å². The van der Waals surface area contributed by atoms with Crippen LogP contribution in [0.3, 0.4) is 0 Å². The Balaban J connectivity index is 1.85. The van der Waals surface area contributed by atoms with Crippen molar-refractivity contribution in [1.29, 1.82) is 0 Å². The Morgan fingerprint density at radius 1 is 1.11 bits per heavy atom. The van der Waals surface area contributed by atoms with Gasteiger partial charge in [0.15, 0.2) is 18.1 Å². The molecule has 1 N–H and O–H groups in total. The van der Waals surface area contributed by atoms with Crippen LogP contribution in [0.1, 0.15) is 30.9 Å². The van der Waals surface area contributed by atoms with Gasteiger partial charge >= 0.3 is 0 Å². The normalized spacial score (nSPS) is 10.6. The molecule has 0 saturated carbocycles. The van der Waals surface area contributed by atoms with E-state index in [1.54, 1.807) is 19.4 Å². The van der Waals surface area contributed by atoms with Gasteiger partial charge in [0.25, 0.3) is 5.91 Å². The molecule has 0 radical (unpaired) electrons. The van der Waals surface area contributed by atoms with E-state index in [0.29, 0.717) is 23.9 Å². The highest BCUT2D eigenvalue weighted by Crippen LogP contribution is 2.27. The molecule has 0 aliphatic carbocycles. The number of para-hydroxylation sites is 1. The second kappa shape index (κ2) is 10.9. The first-order chi connectivity index (χ1) is 13.1. The topological polar surface area (TPSA) is 69.2 Å². The molecule has 144 valence electrons. The van der Waals surface area contributed by atoms with Crippen LogP contribution in [0.2, 0.25) is 0 Å². The van der Waals surface area contributed by atoms with Crippen molar-refractivity contribution in [3.05, 3.63) is 53.6 Å². The van der Waals surface area contributed by atoms with Crippen molar-refractivity contribution in [2.24, 2.45) is 5.10 Å². The molecule has 0 aliphatic rings. The molecule has 2 aromatic rings. The van der Waals surface area contributed by atoms with Crippen molar-refractivity contribution in [3.63, 3.8) is 0 Å². The number of benzene rings is 2. The number of hydrazone groups is 1. The van der Waals surface area contributed by atoms with Crippen LogP contribution in [-0.2, 0) is 4.79 Å². The summed E-state index contributed by atoms with van der Waals surface area (Å²) in [5, 5.41) is 3.96. The number of hydrogen-bond acceptors (Lipinski definition) is 5. The number of unbranched alkanes of at least 4 members (excludes halogenated alkanes) is 1. The lowest BCUT2D eigenvalue weighted by Gasteiger charge is -2.10. The zero-order valence-corrected chi connectivity index (χ0v) is 16.0. The third-order valence-electron chi connectivity index (χ3n) is 3.80. The van der Waals surface area contributed by atoms with Crippen LogP contribution in [0.4, 0.5) is 0 Å². The second-order valence-corrected chi connectivity index (χ2v) is 5.96. The highest BCUT2D eigenvalue weighted by atomic mass is 16.5. The van der Waals surface area contributed by atoms with E-state index in [4.69, 9.17) is 14.2 Å². The molecule has 6 nitrogen and oxygen atoms in total. The van der Waals surface area contributed by atoms with Gasteiger partial charge < -0.3 is 14.2 Å². The molecule has 0 spiro atoms. The maximum absolute atomic E-state index is 11.8. The fraction of sp³-hybridized carbons (Fsp3) is 0.333. The molecule has 0 aliphatic heterocycles. The van der Waals surface area contributed by atoms with Crippen LogP contribution in [-0.4, -0.2) is 32.4 Å². The minimum atomic E-state index is -0.332. The number of hydrogen-bond donors (Lipinski definition) is 1. The highest BCUT2D eigenvalue weighted by Gasteiger charge is 2.06. The lowest BCUT2D eigenvalue weighted by molar-refractivity contribution is -0.123. The van der Waals surface area contributed by atoms with Crippen LogP contribution < -0.4 is 19.6 Å². The SMILES string of the molecule is CCCCOc1ccc(/C=N/NC(=O)COc2ccccc2C)cc1OC. The van der Waals surface area contributed by atoms with E-state index in [0.717, 1.165) is 24.0 Å². The predicted molar refractivity (Wildman–Crippen MR) is 106 cm³/mol. The zero-order valence-electron chi connectivity index (χ0n) is 16.0. The summed E-state index contributed by atoms with van der Waals surface area (Å²) in [7, 11) is 1.59. The highest BCUT2D eigenvalue weighted by molar-refractivity contribution is 5.83. The fourth-order valence-electron chi connectivity index (χ4n) is 2.28. The number of nitrogens with one attached hydrogen (secondary N) is 1. The van der Waals surface area contributed by atoms with Crippen molar-refractivity contribution in [1.82, 2.24) is 5.43 Å². The molecule has 0 heterocycles. The molecule has 0 bridgehead atoms. The quantitative estimate of drug-likeness (QED) is 0.393. The minimum absolute atomic E-state index is 0.101. The number of ether oxygens (including phenoxy) is 3. The summed E-state index contributed by atoms with van der Waals surface area (Å²) < 4.78 is 16.5. The van der Waals surface area contributed by atoms with Gasteiger partial charge in [-0.25, -0.2) is 5.43 Å². The molecule has 0 unspecified atom stereocenters. The Kier molecular flexibility index (Phi) is 8.16. The lowest BCUT2D eigenvalue weighted by atomic mass is 10.2. The largest absolute Gasteiger partial charge is 0.493 e. The first-order valence-corrected chi connectivity index (χ1v) is 8.95. The van der Waals surface area contributed by atoms with Crippen molar-refractivity contribution in [3.8, 4) is 17.2 Å². The first kappa shape index (κ1) is 20.3. The predicted octanol–water partition coefficient (Wildman–Crippen LogP) is 3.71. The molecular formula is C21H26N2O4. The van der Waals surface area contributed by atoms with Crippen LogP contribution in [0.15, 0.2) is 47.6 Å². The Bertz CT molecular complexity index is 775. The number of rotatable bonds is 10. The van der Waals surface area contributed by atoms with Gasteiger partial charge in [0.2, 0.25) is 0 Å². The maximum Gasteiger partial charge on any atom is 0.277 e. The first-order valence-electron chi connectivity index (χ1n) is 8.95. The van der Waals surface area contributed by atoms with E-state index in [1.807, 2.05) is 43.3 Å². The maximum atomic E-state index is 11.8. The van der Waals surface area contributed by atoms with Gasteiger partial charge in [0.05, 0.1) is 19.9 Å². The number of nitrogens with zero attached hydrogens (tertiary/aromatic N) is 1.